The second kappa shape index (κ2) is 10.2. The first-order valence-electron chi connectivity index (χ1n) is 12.6. The molecule has 2 amide bonds. The topological polar surface area (TPSA) is 89.0 Å². The van der Waals surface area contributed by atoms with E-state index in [0.717, 1.165) is 56.8 Å². The highest BCUT2D eigenvalue weighted by Gasteiger charge is 2.29. The maximum Gasteiger partial charge on any atom is 0.255 e. The molecule has 8 nitrogen and oxygen atoms in total. The Morgan fingerprint density at radius 3 is 2.86 bits per heavy atom. The average molecular weight is 476 g/mol. The molecule has 2 aromatic rings. The number of nitrogens with zero attached hydrogens (tertiary/aromatic N) is 4. The number of aromatic nitrogens is 1. The zero-order chi connectivity index (χ0) is 24.4. The number of anilines is 1. The number of carbonyl (C=O) groups is 2. The SMILES string of the molecule is CC(=O)N1CCC(Nc2cnc3c(c2)C(=O)N(CC(O)CN2CCc4c#cccc4C2)CC3)CC1. The van der Waals surface area contributed by atoms with Gasteiger partial charge in [0.05, 0.1) is 29.2 Å². The minimum atomic E-state index is -0.609. The number of likely N-dealkylation sites (tertiary alicyclic amines) is 1. The van der Waals surface area contributed by atoms with Gasteiger partial charge in [0.2, 0.25) is 5.91 Å². The molecule has 35 heavy (non-hydrogen) atoms. The Balaban J connectivity index is 1.17. The summed E-state index contributed by atoms with van der Waals surface area (Å²) in [5, 5.41) is 14.3. The summed E-state index contributed by atoms with van der Waals surface area (Å²) in [6.07, 6.45) is 4.54. The van der Waals surface area contributed by atoms with Gasteiger partial charge in [-0.05, 0) is 43.0 Å². The maximum absolute atomic E-state index is 13.3. The van der Waals surface area contributed by atoms with Crippen molar-refractivity contribution in [2.45, 2.75) is 51.3 Å². The lowest BCUT2D eigenvalue weighted by Crippen LogP contribution is -2.46. The molecule has 8 heteroatoms. The van der Waals surface area contributed by atoms with Crippen LogP contribution in [0.2, 0.25) is 0 Å². The number of carbonyl (C=O) groups excluding carboxylic acids is 2. The Hall–Kier alpha value is -3.15. The molecular weight excluding hydrogens is 442 g/mol. The van der Waals surface area contributed by atoms with Gasteiger partial charge < -0.3 is 20.2 Å². The fraction of sp³-hybridized carbons (Fsp3) is 0.519. The van der Waals surface area contributed by atoms with E-state index in [0.29, 0.717) is 31.6 Å². The molecule has 5 rings (SSSR count). The zero-order valence-corrected chi connectivity index (χ0v) is 20.3. The third-order valence-corrected chi connectivity index (χ3v) is 7.37. The Labute approximate surface area is 206 Å². The van der Waals surface area contributed by atoms with Gasteiger partial charge in [-0.2, -0.15) is 0 Å². The van der Waals surface area contributed by atoms with Crippen LogP contribution in [0.1, 0.15) is 46.9 Å². The van der Waals surface area contributed by atoms with Crippen LogP contribution in [0, 0.1) is 12.1 Å². The zero-order valence-electron chi connectivity index (χ0n) is 20.3. The largest absolute Gasteiger partial charge is 0.390 e. The highest BCUT2D eigenvalue weighted by molar-refractivity contribution is 5.97. The van der Waals surface area contributed by atoms with E-state index in [9.17, 15) is 14.7 Å². The van der Waals surface area contributed by atoms with Crippen LogP contribution in [0.4, 0.5) is 5.69 Å². The normalized spacial score (nSPS) is 19.5. The lowest BCUT2D eigenvalue weighted by molar-refractivity contribution is -0.129. The highest BCUT2D eigenvalue weighted by atomic mass is 16.3. The molecule has 1 atom stereocenters. The van der Waals surface area contributed by atoms with E-state index in [1.807, 2.05) is 17.0 Å². The molecule has 0 bridgehead atoms. The van der Waals surface area contributed by atoms with E-state index in [4.69, 9.17) is 0 Å². The summed E-state index contributed by atoms with van der Waals surface area (Å²) in [5.74, 6) is 0.0519. The van der Waals surface area contributed by atoms with Crippen molar-refractivity contribution in [3.05, 3.63) is 58.9 Å². The lowest BCUT2D eigenvalue weighted by atomic mass is 10.0. The van der Waals surface area contributed by atoms with Crippen LogP contribution in [0.15, 0.2) is 24.4 Å². The van der Waals surface area contributed by atoms with Gasteiger partial charge in [0.25, 0.3) is 5.91 Å². The van der Waals surface area contributed by atoms with Crippen LogP contribution in [-0.4, -0.2) is 88.0 Å². The Morgan fingerprint density at radius 1 is 1.23 bits per heavy atom. The Kier molecular flexibility index (Phi) is 6.89. The molecule has 0 spiro atoms. The molecule has 0 aliphatic carbocycles. The standard InChI is InChI=1S/C27H33N5O3/c1-19(33)31-11-7-22(8-12-31)29-23-14-25-26(28-15-23)9-13-32(27(25)35)18-24(34)17-30-10-6-20-4-2-3-5-21(20)16-30/h3,5,14-15,22,24,29,34H,6-13,16-18H2,1H3. The summed E-state index contributed by atoms with van der Waals surface area (Å²) < 4.78 is 0. The van der Waals surface area contributed by atoms with Gasteiger partial charge in [0.15, 0.2) is 0 Å². The maximum atomic E-state index is 13.3. The predicted octanol–water partition coefficient (Wildman–Crippen LogP) is 1.52. The molecule has 184 valence electrons. The number of hydrogen-bond acceptors (Lipinski definition) is 6. The van der Waals surface area contributed by atoms with Crippen molar-refractivity contribution in [3.8, 4) is 0 Å². The monoisotopic (exact) mass is 475 g/mol. The molecule has 1 saturated heterocycles. The van der Waals surface area contributed by atoms with Gasteiger partial charge in [0, 0.05) is 70.8 Å². The molecule has 0 saturated carbocycles. The van der Waals surface area contributed by atoms with Crippen LogP contribution >= 0.6 is 0 Å². The van der Waals surface area contributed by atoms with Crippen molar-refractivity contribution in [2.24, 2.45) is 0 Å². The van der Waals surface area contributed by atoms with Crippen molar-refractivity contribution < 1.29 is 14.7 Å². The number of aliphatic hydroxyl groups is 1. The van der Waals surface area contributed by atoms with Gasteiger partial charge in [-0.1, -0.05) is 12.1 Å². The molecule has 1 fully saturated rings. The first-order chi connectivity index (χ1) is 17.0. The highest BCUT2D eigenvalue weighted by Crippen LogP contribution is 2.23. The summed E-state index contributed by atoms with van der Waals surface area (Å²) in [5.41, 5.74) is 4.72. The van der Waals surface area contributed by atoms with Crippen molar-refractivity contribution >= 4 is 17.5 Å². The Bertz CT molecular complexity index is 1080. The molecule has 1 unspecified atom stereocenters. The molecule has 4 heterocycles. The number of rotatable bonds is 6. The number of aliphatic hydroxyl groups excluding tert-OH is 1. The molecule has 1 aromatic carbocycles. The van der Waals surface area contributed by atoms with Gasteiger partial charge >= 0.3 is 0 Å². The van der Waals surface area contributed by atoms with E-state index in [1.54, 1.807) is 18.0 Å². The second-order valence-corrected chi connectivity index (χ2v) is 9.89. The van der Waals surface area contributed by atoms with Gasteiger partial charge in [-0.3, -0.25) is 19.5 Å². The van der Waals surface area contributed by atoms with E-state index < -0.39 is 6.10 Å². The molecule has 0 radical (unpaired) electrons. The minimum absolute atomic E-state index is 0.0676. The van der Waals surface area contributed by atoms with Crippen molar-refractivity contribution in [3.63, 3.8) is 0 Å². The third kappa shape index (κ3) is 5.42. The first kappa shape index (κ1) is 23.6. The molecular formula is C27H33N5O3. The second-order valence-electron chi connectivity index (χ2n) is 9.89. The quantitative estimate of drug-likeness (QED) is 0.659. The lowest BCUT2D eigenvalue weighted by Gasteiger charge is -2.34. The van der Waals surface area contributed by atoms with Crippen LogP contribution in [-0.2, 0) is 24.2 Å². The number of hydrogen-bond donors (Lipinski definition) is 2. The van der Waals surface area contributed by atoms with Crippen molar-refractivity contribution in [1.29, 1.82) is 0 Å². The smallest absolute Gasteiger partial charge is 0.255 e. The number of β-amino-alcohol motifs (C(OH)–C–C–N with tert-alkyl or cyclic N) is 1. The third-order valence-electron chi connectivity index (χ3n) is 7.37. The van der Waals surface area contributed by atoms with Gasteiger partial charge in [0.1, 0.15) is 0 Å². The van der Waals surface area contributed by atoms with E-state index in [1.165, 1.54) is 11.1 Å². The number of pyridine rings is 1. The number of fused-ring (bicyclic) bond motifs is 2. The van der Waals surface area contributed by atoms with Crippen molar-refractivity contribution in [1.82, 2.24) is 19.7 Å². The Morgan fingerprint density at radius 2 is 2.06 bits per heavy atom. The molecule has 3 aliphatic heterocycles. The summed E-state index contributed by atoms with van der Waals surface area (Å²) in [6, 6.07) is 12.3. The number of amides is 2. The van der Waals surface area contributed by atoms with Crippen molar-refractivity contribution in [2.75, 3.05) is 44.6 Å². The number of nitrogens with one attached hydrogen (secondary N) is 1. The number of piperidine rings is 1. The average Bonchev–Trinajstić information content (AvgIpc) is 2.86. The van der Waals surface area contributed by atoms with Crippen LogP contribution < -0.4 is 5.32 Å². The van der Waals surface area contributed by atoms with Crippen LogP contribution in [0.25, 0.3) is 0 Å². The van der Waals surface area contributed by atoms with Gasteiger partial charge in [-0.25, -0.2) is 0 Å². The van der Waals surface area contributed by atoms with Gasteiger partial charge in [-0.15, -0.1) is 0 Å². The van der Waals surface area contributed by atoms with E-state index >= 15 is 0 Å². The van der Waals surface area contributed by atoms with Crippen LogP contribution in [0.5, 0.6) is 0 Å². The van der Waals surface area contributed by atoms with E-state index in [-0.39, 0.29) is 17.9 Å². The molecule has 2 N–H and O–H groups in total. The van der Waals surface area contributed by atoms with E-state index in [2.05, 4.69) is 33.4 Å². The summed E-state index contributed by atoms with van der Waals surface area (Å²) >= 11 is 0. The molecule has 3 aliphatic rings. The summed E-state index contributed by atoms with van der Waals surface area (Å²) in [4.78, 5) is 35.2. The van der Waals surface area contributed by atoms with Crippen LogP contribution in [0.3, 0.4) is 0 Å². The molecule has 1 aromatic heterocycles. The summed E-state index contributed by atoms with van der Waals surface area (Å²) in [7, 11) is 0. The predicted molar refractivity (Wildman–Crippen MR) is 132 cm³/mol. The first-order valence-corrected chi connectivity index (χ1v) is 12.6. The minimum Gasteiger partial charge on any atom is -0.390 e. The fourth-order valence-corrected chi connectivity index (χ4v) is 5.40. The fourth-order valence-electron chi connectivity index (χ4n) is 5.40. The summed E-state index contributed by atoms with van der Waals surface area (Å²) in [6.45, 7) is 6.19.